The number of hydrogen-bond acceptors (Lipinski definition) is 11. The number of para-hydroxylation sites is 1. The summed E-state index contributed by atoms with van der Waals surface area (Å²) in [5.41, 5.74) is -0.533. The summed E-state index contributed by atoms with van der Waals surface area (Å²) in [5.74, 6) is -2.04. The second kappa shape index (κ2) is 11.2. The SMILES string of the molecule is C=C[C@H]1[C@H](O[C@@H]2O[C@H](CO)[C@@H](O)[C@H](O)[C@H]2O)OC=C2C(=O)N(CC[C@@]3(O)C(=O)Nc4ccccc43)[C@H](OC)C[C@H]21. The summed E-state index contributed by atoms with van der Waals surface area (Å²) < 4.78 is 22.6. The molecule has 13 nitrogen and oxygen atoms in total. The van der Waals surface area contributed by atoms with Crippen LogP contribution in [-0.2, 0) is 34.1 Å². The first kappa shape index (κ1) is 28.6. The van der Waals surface area contributed by atoms with Crippen molar-refractivity contribution >= 4 is 17.5 Å². The maximum absolute atomic E-state index is 13.6. The Labute approximate surface area is 230 Å². The van der Waals surface area contributed by atoms with Crippen LogP contribution in [0, 0.1) is 11.8 Å². The number of methoxy groups -OCH3 is 1. The number of piperidine rings is 1. The van der Waals surface area contributed by atoms with E-state index in [1.165, 1.54) is 18.3 Å². The van der Waals surface area contributed by atoms with Gasteiger partial charge in [-0.15, -0.1) is 6.58 Å². The van der Waals surface area contributed by atoms with Crippen LogP contribution in [0.5, 0.6) is 0 Å². The average Bonchev–Trinajstić information content (AvgIpc) is 3.21. The minimum atomic E-state index is -1.81. The van der Waals surface area contributed by atoms with E-state index in [9.17, 15) is 35.1 Å². The lowest BCUT2D eigenvalue weighted by Gasteiger charge is -2.46. The number of ether oxygens (including phenoxy) is 4. The fourth-order valence-corrected chi connectivity index (χ4v) is 5.86. The number of likely N-dealkylation sites (tertiary alicyclic amines) is 1. The zero-order valence-electron chi connectivity index (χ0n) is 21.8. The highest BCUT2D eigenvalue weighted by Gasteiger charge is 2.51. The quantitative estimate of drug-likeness (QED) is 0.211. The van der Waals surface area contributed by atoms with Crippen molar-refractivity contribution in [3.05, 3.63) is 54.3 Å². The fraction of sp³-hybridized carbons (Fsp3) is 0.556. The molecule has 0 spiro atoms. The number of nitrogens with one attached hydrogen (secondary N) is 1. The zero-order valence-corrected chi connectivity index (χ0v) is 21.8. The van der Waals surface area contributed by atoms with E-state index in [2.05, 4.69) is 11.9 Å². The number of aliphatic hydroxyl groups is 5. The molecule has 4 heterocycles. The van der Waals surface area contributed by atoms with Crippen molar-refractivity contribution in [3.8, 4) is 0 Å². The molecule has 2 saturated heterocycles. The van der Waals surface area contributed by atoms with Gasteiger partial charge in [0.25, 0.3) is 11.8 Å². The highest BCUT2D eigenvalue weighted by atomic mass is 16.8. The number of amides is 2. The summed E-state index contributed by atoms with van der Waals surface area (Å²) >= 11 is 0. The Balaban J connectivity index is 1.32. The highest BCUT2D eigenvalue weighted by molar-refractivity contribution is 6.05. The van der Waals surface area contributed by atoms with Crippen LogP contribution in [0.25, 0.3) is 0 Å². The van der Waals surface area contributed by atoms with Gasteiger partial charge < -0.3 is 54.7 Å². The maximum Gasteiger partial charge on any atom is 0.261 e. The first-order valence-electron chi connectivity index (χ1n) is 13.1. The Bertz CT molecular complexity index is 1170. The van der Waals surface area contributed by atoms with E-state index in [4.69, 9.17) is 18.9 Å². The van der Waals surface area contributed by atoms with E-state index in [0.717, 1.165) is 0 Å². The maximum atomic E-state index is 13.6. The number of rotatable bonds is 8. The molecule has 0 unspecified atom stereocenters. The summed E-state index contributed by atoms with van der Waals surface area (Å²) in [5, 5.41) is 53.9. The number of carbonyl (C=O) groups is 2. The zero-order chi connectivity index (χ0) is 28.8. The van der Waals surface area contributed by atoms with Crippen LogP contribution in [0.4, 0.5) is 5.69 Å². The molecule has 4 aliphatic rings. The van der Waals surface area contributed by atoms with Crippen LogP contribution in [0.1, 0.15) is 18.4 Å². The predicted molar refractivity (Wildman–Crippen MR) is 136 cm³/mol. The Kier molecular flexibility index (Phi) is 8.01. The van der Waals surface area contributed by atoms with Gasteiger partial charge in [-0.1, -0.05) is 24.3 Å². The average molecular weight is 563 g/mol. The summed E-state index contributed by atoms with van der Waals surface area (Å²) in [4.78, 5) is 27.7. The molecule has 1 aromatic carbocycles. The van der Waals surface area contributed by atoms with Gasteiger partial charge in [-0.05, 0) is 6.07 Å². The molecule has 0 saturated carbocycles. The summed E-state index contributed by atoms with van der Waals surface area (Å²) in [6.45, 7) is 3.26. The highest BCUT2D eigenvalue weighted by Crippen LogP contribution is 2.43. The topological polar surface area (TPSA) is 187 Å². The number of fused-ring (bicyclic) bond motifs is 2. The molecule has 10 atom stereocenters. The molecule has 6 N–H and O–H groups in total. The van der Waals surface area contributed by atoms with Crippen molar-refractivity contribution < 1.29 is 54.1 Å². The molecule has 4 aliphatic heterocycles. The smallest absolute Gasteiger partial charge is 0.261 e. The largest absolute Gasteiger partial charge is 0.471 e. The number of nitrogens with zero attached hydrogens (tertiary/aromatic N) is 1. The second-order valence-corrected chi connectivity index (χ2v) is 10.4. The molecule has 2 fully saturated rings. The van der Waals surface area contributed by atoms with Crippen molar-refractivity contribution in [3.63, 3.8) is 0 Å². The molecule has 1 aromatic rings. The molecule has 0 radical (unpaired) electrons. The van der Waals surface area contributed by atoms with Crippen molar-refractivity contribution in [1.82, 2.24) is 4.90 Å². The number of hydrogen-bond donors (Lipinski definition) is 6. The molecule has 13 heteroatoms. The summed E-state index contributed by atoms with van der Waals surface area (Å²) in [7, 11) is 1.45. The van der Waals surface area contributed by atoms with Crippen LogP contribution in [-0.4, -0.2) is 106 Å². The van der Waals surface area contributed by atoms with Crippen molar-refractivity contribution in [2.24, 2.45) is 11.8 Å². The lowest BCUT2D eigenvalue weighted by Crippen LogP contribution is -2.60. The van der Waals surface area contributed by atoms with Gasteiger partial charge >= 0.3 is 0 Å². The third kappa shape index (κ3) is 4.72. The summed E-state index contributed by atoms with van der Waals surface area (Å²) in [6, 6.07) is 6.83. The third-order valence-electron chi connectivity index (χ3n) is 8.19. The molecule has 0 aliphatic carbocycles. The van der Waals surface area contributed by atoms with Gasteiger partial charge in [-0.2, -0.15) is 0 Å². The van der Waals surface area contributed by atoms with E-state index in [0.29, 0.717) is 23.2 Å². The van der Waals surface area contributed by atoms with Crippen molar-refractivity contribution in [2.45, 2.75) is 61.7 Å². The minimum Gasteiger partial charge on any atom is -0.471 e. The van der Waals surface area contributed by atoms with E-state index < -0.39 is 79.1 Å². The van der Waals surface area contributed by atoms with Gasteiger partial charge in [0, 0.05) is 49.6 Å². The Morgan fingerprint density at radius 2 is 1.93 bits per heavy atom. The molecular formula is C27H34N2O11. The van der Waals surface area contributed by atoms with E-state index in [1.807, 2.05) is 0 Å². The van der Waals surface area contributed by atoms with Gasteiger partial charge in [0.1, 0.15) is 30.6 Å². The Morgan fingerprint density at radius 3 is 2.62 bits per heavy atom. The first-order chi connectivity index (χ1) is 19.1. The van der Waals surface area contributed by atoms with Crippen LogP contribution in [0.15, 0.2) is 48.8 Å². The molecule has 2 amide bonds. The van der Waals surface area contributed by atoms with E-state index >= 15 is 0 Å². The van der Waals surface area contributed by atoms with Crippen LogP contribution in [0.2, 0.25) is 0 Å². The van der Waals surface area contributed by atoms with Crippen LogP contribution in [0.3, 0.4) is 0 Å². The van der Waals surface area contributed by atoms with Gasteiger partial charge in [0.2, 0.25) is 6.29 Å². The fourth-order valence-electron chi connectivity index (χ4n) is 5.86. The molecule has 5 rings (SSSR count). The third-order valence-corrected chi connectivity index (χ3v) is 8.19. The van der Waals surface area contributed by atoms with E-state index in [1.54, 1.807) is 30.3 Å². The second-order valence-electron chi connectivity index (χ2n) is 10.4. The number of aliphatic hydroxyl groups excluding tert-OH is 4. The Hall–Kier alpha value is -2.88. The van der Waals surface area contributed by atoms with E-state index in [-0.39, 0.29) is 13.0 Å². The number of carbonyl (C=O) groups excluding carboxylic acids is 2. The number of benzene rings is 1. The molecule has 40 heavy (non-hydrogen) atoms. The van der Waals surface area contributed by atoms with Crippen molar-refractivity contribution in [2.75, 3.05) is 25.6 Å². The number of anilines is 1. The van der Waals surface area contributed by atoms with Crippen molar-refractivity contribution in [1.29, 1.82) is 0 Å². The molecule has 218 valence electrons. The minimum absolute atomic E-state index is 0.0171. The molecular weight excluding hydrogens is 528 g/mol. The molecule has 0 aromatic heterocycles. The predicted octanol–water partition coefficient (Wildman–Crippen LogP) is -1.10. The lowest BCUT2D eigenvalue weighted by molar-refractivity contribution is -0.339. The standard InChI is InChI=1S/C27H34N2O11/c1-3-13-14-10-19(37-2)29(9-8-27(36)16-6-4-5-7-17(16)28-26(27)35)23(34)15(14)12-38-24(13)40-25-22(33)21(32)20(31)18(11-30)39-25/h3-7,12-14,18-22,24-25,30-33,36H,1,8-11H2,2H3,(H,28,35)/t13-,14+,18-,19-,20-,21+,22-,24+,25+,27+/m1/s1. The van der Waals surface area contributed by atoms with Gasteiger partial charge in [0.15, 0.2) is 11.9 Å². The van der Waals surface area contributed by atoms with Gasteiger partial charge in [0.05, 0.1) is 18.4 Å². The molecule has 0 bridgehead atoms. The summed E-state index contributed by atoms with van der Waals surface area (Å²) in [6.07, 6.45) is -6.12. The van der Waals surface area contributed by atoms with Gasteiger partial charge in [-0.3, -0.25) is 9.59 Å². The van der Waals surface area contributed by atoms with Gasteiger partial charge in [-0.25, -0.2) is 0 Å². The first-order valence-corrected chi connectivity index (χ1v) is 13.1. The normalized spacial score (nSPS) is 39.1. The van der Waals surface area contributed by atoms with Crippen LogP contribution >= 0.6 is 0 Å². The monoisotopic (exact) mass is 562 g/mol. The lowest BCUT2D eigenvalue weighted by atomic mass is 9.78. The Morgan fingerprint density at radius 1 is 1.18 bits per heavy atom. The van der Waals surface area contributed by atoms with Crippen LogP contribution < -0.4 is 5.32 Å².